The molecule has 4 nitrogen and oxygen atoms in total. The molecule has 2 amide bonds. The van der Waals surface area contributed by atoms with Gasteiger partial charge in [-0.1, -0.05) is 60.7 Å². The lowest BCUT2D eigenvalue weighted by Crippen LogP contribution is -2.58. The number of hydrogen-bond acceptors (Lipinski definition) is 3. The summed E-state index contributed by atoms with van der Waals surface area (Å²) in [6.45, 7) is 1.68. The van der Waals surface area contributed by atoms with Crippen molar-refractivity contribution in [1.82, 2.24) is 0 Å². The number of aliphatic hydroxyl groups excluding tert-OH is 1. The van der Waals surface area contributed by atoms with E-state index in [1.165, 1.54) is 18.2 Å². The van der Waals surface area contributed by atoms with Gasteiger partial charge in [-0.05, 0) is 41.3 Å². The molecule has 0 spiro atoms. The van der Waals surface area contributed by atoms with Gasteiger partial charge in [0.2, 0.25) is 11.8 Å². The van der Waals surface area contributed by atoms with Crippen LogP contribution in [0.15, 0.2) is 72.8 Å². The van der Waals surface area contributed by atoms with Crippen LogP contribution in [0.25, 0.3) is 0 Å². The molecule has 1 aliphatic heterocycles. The molecule has 1 heterocycles. The Morgan fingerprint density at radius 2 is 1.42 bits per heavy atom. The van der Waals surface area contributed by atoms with Gasteiger partial charge in [-0.15, -0.1) is 0 Å². The quantitative estimate of drug-likeness (QED) is 0.651. The van der Waals surface area contributed by atoms with Gasteiger partial charge in [-0.3, -0.25) is 9.59 Å². The number of para-hydroxylation sites is 1. The van der Waals surface area contributed by atoms with Gasteiger partial charge in [0.05, 0.1) is 29.0 Å². The lowest BCUT2D eigenvalue weighted by Gasteiger charge is -2.55. The Labute approximate surface area is 178 Å². The van der Waals surface area contributed by atoms with Crippen molar-refractivity contribution >= 4 is 17.5 Å². The lowest BCUT2D eigenvalue weighted by atomic mass is 9.46. The molecule has 7 rings (SSSR count). The molecule has 0 aromatic heterocycles. The maximum Gasteiger partial charge on any atom is 0.239 e. The summed E-state index contributed by atoms with van der Waals surface area (Å²) in [6, 6.07) is 21.3. The molecule has 2 bridgehead atoms. The van der Waals surface area contributed by atoms with Crippen LogP contribution in [0.5, 0.6) is 0 Å². The molecule has 0 saturated carbocycles. The van der Waals surface area contributed by atoms with E-state index in [0.717, 1.165) is 27.2 Å². The molecule has 0 unspecified atom stereocenters. The number of amides is 2. The number of anilines is 1. The normalized spacial score (nSPS) is 28.9. The molecule has 3 aliphatic carbocycles. The number of carbonyl (C=O) groups excluding carboxylic acids is 2. The van der Waals surface area contributed by atoms with Crippen LogP contribution in [0.4, 0.5) is 10.1 Å². The van der Waals surface area contributed by atoms with Crippen molar-refractivity contribution in [2.45, 2.75) is 24.4 Å². The number of benzene rings is 3. The van der Waals surface area contributed by atoms with Crippen LogP contribution in [0.1, 0.15) is 35.1 Å². The van der Waals surface area contributed by atoms with E-state index in [0.29, 0.717) is 0 Å². The maximum atomic E-state index is 14.7. The number of carbonyl (C=O) groups is 2. The Bertz CT molecular complexity index is 1220. The lowest BCUT2D eigenvalue weighted by molar-refractivity contribution is -0.126. The van der Waals surface area contributed by atoms with Gasteiger partial charge >= 0.3 is 0 Å². The van der Waals surface area contributed by atoms with Crippen molar-refractivity contribution in [2.75, 3.05) is 4.90 Å². The van der Waals surface area contributed by atoms with E-state index in [1.807, 2.05) is 48.5 Å². The highest BCUT2D eigenvalue weighted by molar-refractivity contribution is 6.23. The van der Waals surface area contributed by atoms with E-state index in [-0.39, 0.29) is 11.6 Å². The minimum absolute atomic E-state index is 0.0276. The molecule has 31 heavy (non-hydrogen) atoms. The molecular formula is C26H20FNO3. The van der Waals surface area contributed by atoms with Crippen molar-refractivity contribution in [3.63, 3.8) is 0 Å². The highest BCUT2D eigenvalue weighted by Gasteiger charge is 2.69. The van der Waals surface area contributed by atoms with Crippen molar-refractivity contribution in [3.05, 3.63) is 101 Å². The van der Waals surface area contributed by atoms with E-state index in [4.69, 9.17) is 0 Å². The van der Waals surface area contributed by atoms with Crippen molar-refractivity contribution in [2.24, 2.45) is 11.8 Å². The number of rotatable bonds is 2. The van der Waals surface area contributed by atoms with Gasteiger partial charge in [0.25, 0.3) is 0 Å². The first-order valence-corrected chi connectivity index (χ1v) is 10.5. The fourth-order valence-corrected chi connectivity index (χ4v) is 6.41. The average Bonchev–Trinajstić information content (AvgIpc) is 3.05. The Balaban J connectivity index is 1.68. The molecule has 3 aromatic rings. The predicted molar refractivity (Wildman–Crippen MR) is 113 cm³/mol. The molecule has 154 valence electrons. The summed E-state index contributed by atoms with van der Waals surface area (Å²) in [4.78, 5) is 28.6. The molecule has 1 N–H and O–H groups in total. The topological polar surface area (TPSA) is 57.6 Å². The second kappa shape index (κ2) is 6.11. The van der Waals surface area contributed by atoms with Crippen LogP contribution in [0.3, 0.4) is 0 Å². The van der Waals surface area contributed by atoms with Gasteiger partial charge in [0.15, 0.2) is 0 Å². The third-order valence-corrected chi connectivity index (χ3v) is 7.44. The number of halogens is 1. The van der Waals surface area contributed by atoms with Crippen molar-refractivity contribution in [3.8, 4) is 0 Å². The first-order chi connectivity index (χ1) is 15.0. The summed E-state index contributed by atoms with van der Waals surface area (Å²) in [5.41, 5.74) is 2.58. The van der Waals surface area contributed by atoms with Crippen LogP contribution >= 0.6 is 0 Å². The molecule has 0 radical (unpaired) electrons. The first-order valence-electron chi connectivity index (χ1n) is 10.5. The zero-order valence-corrected chi connectivity index (χ0v) is 16.8. The van der Waals surface area contributed by atoms with Crippen LogP contribution in [0, 0.1) is 17.7 Å². The number of hydrogen-bond donors (Lipinski definition) is 1. The van der Waals surface area contributed by atoms with Crippen LogP contribution in [-0.2, 0) is 15.0 Å². The molecule has 1 fully saturated rings. The zero-order chi connectivity index (χ0) is 21.5. The Morgan fingerprint density at radius 3 is 2.00 bits per heavy atom. The highest BCUT2D eigenvalue weighted by Crippen LogP contribution is 2.65. The van der Waals surface area contributed by atoms with E-state index in [9.17, 15) is 19.1 Å². The third kappa shape index (κ3) is 2.02. The standard InChI is InChI=1S/C26H20FNO3/c1-14(29)26-17-10-4-2-8-15(17)21(16-9-3-5-11-18(16)26)22-23(26)25(31)28(24(22)30)20-13-7-6-12-19(20)27/h2-14,21-23,29H,1H3/t14-,21?,22-,23+,26?/m0/s1. The van der Waals surface area contributed by atoms with Crippen molar-refractivity contribution in [1.29, 1.82) is 0 Å². The third-order valence-electron chi connectivity index (χ3n) is 7.44. The average molecular weight is 413 g/mol. The van der Waals surface area contributed by atoms with E-state index in [2.05, 4.69) is 0 Å². The Morgan fingerprint density at radius 1 is 0.871 bits per heavy atom. The number of imide groups is 1. The maximum absolute atomic E-state index is 14.7. The summed E-state index contributed by atoms with van der Waals surface area (Å²) < 4.78 is 14.7. The van der Waals surface area contributed by atoms with Gasteiger partial charge in [-0.25, -0.2) is 9.29 Å². The smallest absolute Gasteiger partial charge is 0.239 e. The fourth-order valence-electron chi connectivity index (χ4n) is 6.41. The Kier molecular flexibility index (Phi) is 3.64. The highest BCUT2D eigenvalue weighted by atomic mass is 19.1. The summed E-state index contributed by atoms with van der Waals surface area (Å²) >= 11 is 0. The summed E-state index contributed by atoms with van der Waals surface area (Å²) in [5, 5.41) is 11.3. The molecular weight excluding hydrogens is 393 g/mol. The Hall–Kier alpha value is -3.31. The summed E-state index contributed by atoms with van der Waals surface area (Å²) in [5.74, 6) is -3.27. The monoisotopic (exact) mass is 413 g/mol. The molecule has 1 saturated heterocycles. The van der Waals surface area contributed by atoms with Gasteiger partial charge in [-0.2, -0.15) is 0 Å². The van der Waals surface area contributed by atoms with Gasteiger partial charge in [0, 0.05) is 5.92 Å². The zero-order valence-electron chi connectivity index (χ0n) is 16.8. The molecule has 3 atom stereocenters. The minimum atomic E-state index is -1.07. The van der Waals surface area contributed by atoms with E-state index in [1.54, 1.807) is 13.0 Å². The fraction of sp³-hybridized carbons (Fsp3) is 0.231. The van der Waals surface area contributed by atoms with Gasteiger partial charge in [0.1, 0.15) is 5.82 Å². The van der Waals surface area contributed by atoms with Gasteiger partial charge < -0.3 is 5.11 Å². The summed E-state index contributed by atoms with van der Waals surface area (Å²) in [7, 11) is 0. The van der Waals surface area contributed by atoms with Crippen LogP contribution < -0.4 is 4.90 Å². The second-order valence-electron chi connectivity index (χ2n) is 8.66. The second-order valence-corrected chi connectivity index (χ2v) is 8.66. The van der Waals surface area contributed by atoms with E-state index < -0.39 is 41.0 Å². The molecule has 5 heteroatoms. The number of aliphatic hydroxyl groups is 1. The van der Waals surface area contributed by atoms with Crippen LogP contribution in [0.2, 0.25) is 0 Å². The molecule has 3 aromatic carbocycles. The predicted octanol–water partition coefficient (Wildman–Crippen LogP) is 3.76. The largest absolute Gasteiger partial charge is 0.392 e. The first kappa shape index (κ1) is 18.5. The minimum Gasteiger partial charge on any atom is -0.392 e. The van der Waals surface area contributed by atoms with E-state index >= 15 is 0 Å². The summed E-state index contributed by atoms with van der Waals surface area (Å²) in [6.07, 6.45) is -0.930. The van der Waals surface area contributed by atoms with Crippen molar-refractivity contribution < 1.29 is 19.1 Å². The number of nitrogens with zero attached hydrogens (tertiary/aromatic N) is 1. The van der Waals surface area contributed by atoms with Crippen LogP contribution in [-0.4, -0.2) is 23.0 Å². The molecule has 4 aliphatic rings. The SMILES string of the molecule is C[C@H](O)C12c3ccccc3C(c3ccccc31)[C@@H]1C(=O)N(c3ccccc3F)C(=O)[C@@H]12.